The molecule has 0 unspecified atom stereocenters. The van der Waals surface area contributed by atoms with Crippen LogP contribution in [0.3, 0.4) is 0 Å². The van der Waals surface area contributed by atoms with E-state index in [2.05, 4.69) is 29.2 Å². The van der Waals surface area contributed by atoms with Crippen LogP contribution in [0, 0.1) is 0 Å². The van der Waals surface area contributed by atoms with Crippen LogP contribution in [0.1, 0.15) is 5.56 Å². The summed E-state index contributed by atoms with van der Waals surface area (Å²) in [7, 11) is 0. The highest BCUT2D eigenvalue weighted by Crippen LogP contribution is 2.27. The summed E-state index contributed by atoms with van der Waals surface area (Å²) >= 11 is 0. The average molecular weight is 234 g/mol. The molecule has 2 heteroatoms. The summed E-state index contributed by atoms with van der Waals surface area (Å²) in [5, 5.41) is 1.18. The first-order valence-corrected chi connectivity index (χ1v) is 6.01. The van der Waals surface area contributed by atoms with Gasteiger partial charge >= 0.3 is 0 Å². The first kappa shape index (κ1) is 10.9. The first-order valence-electron chi connectivity index (χ1n) is 6.01. The number of hydrogen-bond donors (Lipinski definition) is 1. The number of nitrogens with zero attached hydrogens (tertiary/aromatic N) is 1. The number of para-hydroxylation sites is 1. The zero-order chi connectivity index (χ0) is 12.4. The number of hydrogen-bond acceptors (Lipinski definition) is 2. The minimum atomic E-state index is 0.566. The molecule has 0 amide bonds. The summed E-state index contributed by atoms with van der Waals surface area (Å²) in [5.74, 6) is 0. The first-order chi connectivity index (χ1) is 8.88. The lowest BCUT2D eigenvalue weighted by Gasteiger charge is -2.07. The molecule has 0 atom stereocenters. The molecular weight excluding hydrogens is 220 g/mol. The van der Waals surface area contributed by atoms with Crippen LogP contribution in [-0.2, 0) is 6.54 Å². The van der Waals surface area contributed by atoms with Gasteiger partial charge in [0.1, 0.15) is 0 Å². The van der Waals surface area contributed by atoms with Gasteiger partial charge in [0, 0.05) is 18.1 Å². The standard InChI is InChI=1S/C16H14N2/c17-11-12-4-3-5-13(10-12)14-8-9-18-16-7-2-1-6-15(14)16/h1-10H,11,17H2. The molecule has 2 nitrogen and oxygen atoms in total. The van der Waals surface area contributed by atoms with E-state index in [-0.39, 0.29) is 0 Å². The molecule has 1 heterocycles. The van der Waals surface area contributed by atoms with Crippen molar-refractivity contribution in [3.05, 3.63) is 66.4 Å². The fourth-order valence-electron chi connectivity index (χ4n) is 2.21. The van der Waals surface area contributed by atoms with Gasteiger partial charge in [0.15, 0.2) is 0 Å². The Bertz CT molecular complexity index is 684. The SMILES string of the molecule is NCc1cccc(-c2ccnc3ccccc23)c1. The Hall–Kier alpha value is -2.19. The van der Waals surface area contributed by atoms with Gasteiger partial charge < -0.3 is 5.73 Å². The van der Waals surface area contributed by atoms with Crippen LogP contribution >= 0.6 is 0 Å². The highest BCUT2D eigenvalue weighted by Gasteiger charge is 2.04. The molecule has 1 aromatic heterocycles. The Morgan fingerprint density at radius 2 is 1.83 bits per heavy atom. The molecule has 18 heavy (non-hydrogen) atoms. The third kappa shape index (κ3) is 1.87. The number of rotatable bonds is 2. The van der Waals surface area contributed by atoms with E-state index in [1.807, 2.05) is 36.5 Å². The summed E-state index contributed by atoms with van der Waals surface area (Å²) in [6.07, 6.45) is 1.85. The van der Waals surface area contributed by atoms with E-state index < -0.39 is 0 Å². The van der Waals surface area contributed by atoms with Gasteiger partial charge in [0.05, 0.1) is 5.52 Å². The van der Waals surface area contributed by atoms with Gasteiger partial charge in [-0.15, -0.1) is 0 Å². The highest BCUT2D eigenvalue weighted by atomic mass is 14.6. The molecule has 0 spiro atoms. The van der Waals surface area contributed by atoms with Crippen LogP contribution in [0.15, 0.2) is 60.8 Å². The lowest BCUT2D eigenvalue weighted by molar-refractivity contribution is 1.07. The molecule has 2 N–H and O–H groups in total. The van der Waals surface area contributed by atoms with Crippen molar-refractivity contribution < 1.29 is 0 Å². The Balaban J connectivity index is 2.24. The number of aromatic nitrogens is 1. The maximum absolute atomic E-state index is 5.70. The lowest BCUT2D eigenvalue weighted by atomic mass is 10.00. The number of fused-ring (bicyclic) bond motifs is 1. The number of nitrogens with two attached hydrogens (primary N) is 1. The zero-order valence-corrected chi connectivity index (χ0v) is 10.0. The van der Waals surface area contributed by atoms with E-state index in [1.165, 1.54) is 16.5 Å². The molecule has 2 aromatic carbocycles. The summed E-state index contributed by atoms with van der Waals surface area (Å²) in [5.41, 5.74) is 10.3. The molecule has 0 saturated carbocycles. The quantitative estimate of drug-likeness (QED) is 0.738. The molecule has 0 aliphatic heterocycles. The van der Waals surface area contributed by atoms with Gasteiger partial charge in [0.2, 0.25) is 0 Å². The van der Waals surface area contributed by atoms with Crippen molar-refractivity contribution in [2.75, 3.05) is 0 Å². The second-order valence-corrected chi connectivity index (χ2v) is 4.28. The molecule has 3 aromatic rings. The summed E-state index contributed by atoms with van der Waals surface area (Å²) in [6, 6.07) is 18.6. The molecule has 0 saturated heterocycles. The Morgan fingerprint density at radius 3 is 2.72 bits per heavy atom. The van der Waals surface area contributed by atoms with Crippen molar-refractivity contribution in [1.82, 2.24) is 4.98 Å². The second-order valence-electron chi connectivity index (χ2n) is 4.28. The minimum absolute atomic E-state index is 0.566. The van der Waals surface area contributed by atoms with Crippen LogP contribution in [0.4, 0.5) is 0 Å². The fraction of sp³-hybridized carbons (Fsp3) is 0.0625. The topological polar surface area (TPSA) is 38.9 Å². The number of pyridine rings is 1. The molecule has 0 aliphatic carbocycles. The van der Waals surface area contributed by atoms with Gasteiger partial charge in [-0.2, -0.15) is 0 Å². The maximum atomic E-state index is 5.70. The Kier molecular flexibility index (Phi) is 2.79. The van der Waals surface area contributed by atoms with Crippen molar-refractivity contribution in [1.29, 1.82) is 0 Å². The molecule has 0 radical (unpaired) electrons. The van der Waals surface area contributed by atoms with E-state index in [0.29, 0.717) is 6.54 Å². The molecular formula is C16H14N2. The van der Waals surface area contributed by atoms with E-state index in [0.717, 1.165) is 11.1 Å². The van der Waals surface area contributed by atoms with Crippen LogP contribution in [0.5, 0.6) is 0 Å². The van der Waals surface area contributed by atoms with Gasteiger partial charge in [-0.1, -0.05) is 36.4 Å². The monoisotopic (exact) mass is 234 g/mol. The molecule has 0 fully saturated rings. The van der Waals surface area contributed by atoms with Crippen LogP contribution in [0.25, 0.3) is 22.0 Å². The fourth-order valence-corrected chi connectivity index (χ4v) is 2.21. The van der Waals surface area contributed by atoms with Crippen LogP contribution < -0.4 is 5.73 Å². The van der Waals surface area contributed by atoms with E-state index in [9.17, 15) is 0 Å². The molecule has 0 aliphatic rings. The van der Waals surface area contributed by atoms with Gasteiger partial charge in [-0.05, 0) is 34.9 Å². The Morgan fingerprint density at radius 1 is 0.944 bits per heavy atom. The predicted octanol–water partition coefficient (Wildman–Crippen LogP) is 3.36. The van der Waals surface area contributed by atoms with Gasteiger partial charge in [-0.25, -0.2) is 0 Å². The zero-order valence-electron chi connectivity index (χ0n) is 10.0. The second kappa shape index (κ2) is 4.59. The van der Waals surface area contributed by atoms with E-state index >= 15 is 0 Å². The molecule has 88 valence electrons. The lowest BCUT2D eigenvalue weighted by Crippen LogP contribution is -1.95. The smallest absolute Gasteiger partial charge is 0.0708 e. The predicted molar refractivity (Wildman–Crippen MR) is 75.1 cm³/mol. The average Bonchev–Trinajstić information content (AvgIpc) is 2.47. The van der Waals surface area contributed by atoms with Crippen molar-refractivity contribution in [3.8, 4) is 11.1 Å². The van der Waals surface area contributed by atoms with Crippen molar-refractivity contribution in [2.45, 2.75) is 6.54 Å². The molecule has 0 bridgehead atoms. The number of benzene rings is 2. The summed E-state index contributed by atoms with van der Waals surface area (Å²) in [4.78, 5) is 4.39. The normalized spacial score (nSPS) is 10.7. The van der Waals surface area contributed by atoms with E-state index in [1.54, 1.807) is 0 Å². The van der Waals surface area contributed by atoms with Gasteiger partial charge in [0.25, 0.3) is 0 Å². The molecule has 3 rings (SSSR count). The van der Waals surface area contributed by atoms with Crippen molar-refractivity contribution in [2.24, 2.45) is 5.73 Å². The minimum Gasteiger partial charge on any atom is -0.326 e. The maximum Gasteiger partial charge on any atom is 0.0708 e. The van der Waals surface area contributed by atoms with Crippen LogP contribution in [0.2, 0.25) is 0 Å². The van der Waals surface area contributed by atoms with Crippen molar-refractivity contribution >= 4 is 10.9 Å². The highest BCUT2D eigenvalue weighted by molar-refractivity contribution is 5.94. The largest absolute Gasteiger partial charge is 0.326 e. The van der Waals surface area contributed by atoms with Crippen LogP contribution in [-0.4, -0.2) is 4.98 Å². The Labute approximate surface area is 106 Å². The van der Waals surface area contributed by atoms with E-state index in [4.69, 9.17) is 5.73 Å². The summed E-state index contributed by atoms with van der Waals surface area (Å²) in [6.45, 7) is 0.566. The third-order valence-corrected chi connectivity index (χ3v) is 3.12. The third-order valence-electron chi connectivity index (χ3n) is 3.12. The van der Waals surface area contributed by atoms with Gasteiger partial charge in [-0.3, -0.25) is 4.98 Å². The van der Waals surface area contributed by atoms with Crippen molar-refractivity contribution in [3.63, 3.8) is 0 Å². The summed E-state index contributed by atoms with van der Waals surface area (Å²) < 4.78 is 0.